The standard InChI is InChI=1S/C11H21N3.ClH/c1-3-5-7-12-10-11-6-9-14(13-11)8-4-2;/h6,9,12H,3-5,7-8,10H2,1-2H3;1H. The Kier molecular flexibility index (Phi) is 8.43. The Bertz CT molecular complexity index is 248. The summed E-state index contributed by atoms with van der Waals surface area (Å²) in [6.45, 7) is 7.39. The Balaban J connectivity index is 0.00000196. The molecule has 1 N–H and O–H groups in total. The van der Waals surface area contributed by atoms with Crippen molar-refractivity contribution in [3.05, 3.63) is 18.0 Å². The molecule has 3 nitrogen and oxygen atoms in total. The van der Waals surface area contributed by atoms with Gasteiger partial charge >= 0.3 is 0 Å². The Morgan fingerprint density at radius 1 is 1.33 bits per heavy atom. The number of unbranched alkanes of at least 4 members (excludes halogenated alkanes) is 1. The maximum atomic E-state index is 4.45. The predicted molar refractivity (Wildman–Crippen MR) is 66.4 cm³/mol. The quantitative estimate of drug-likeness (QED) is 0.732. The van der Waals surface area contributed by atoms with E-state index in [0.29, 0.717) is 0 Å². The van der Waals surface area contributed by atoms with Crippen molar-refractivity contribution in [3.8, 4) is 0 Å². The first kappa shape index (κ1) is 14.5. The summed E-state index contributed by atoms with van der Waals surface area (Å²) >= 11 is 0. The Morgan fingerprint density at radius 3 is 2.80 bits per heavy atom. The zero-order chi connectivity index (χ0) is 10.2. The van der Waals surface area contributed by atoms with E-state index in [4.69, 9.17) is 0 Å². The van der Waals surface area contributed by atoms with Crippen molar-refractivity contribution in [1.29, 1.82) is 0 Å². The summed E-state index contributed by atoms with van der Waals surface area (Å²) in [7, 11) is 0. The highest BCUT2D eigenvalue weighted by Gasteiger charge is 1.96. The fourth-order valence-corrected chi connectivity index (χ4v) is 1.37. The molecule has 0 aromatic carbocycles. The van der Waals surface area contributed by atoms with E-state index in [1.807, 2.05) is 4.68 Å². The topological polar surface area (TPSA) is 29.9 Å². The van der Waals surface area contributed by atoms with Gasteiger partial charge in [-0.1, -0.05) is 20.3 Å². The average molecular weight is 232 g/mol. The molecule has 15 heavy (non-hydrogen) atoms. The summed E-state index contributed by atoms with van der Waals surface area (Å²) in [4.78, 5) is 0. The van der Waals surface area contributed by atoms with Crippen LogP contribution in [0.2, 0.25) is 0 Å². The molecular formula is C11H22ClN3. The van der Waals surface area contributed by atoms with E-state index in [9.17, 15) is 0 Å². The Labute approximate surface area is 98.7 Å². The van der Waals surface area contributed by atoms with Gasteiger partial charge < -0.3 is 5.32 Å². The van der Waals surface area contributed by atoms with Gasteiger partial charge in [-0.25, -0.2) is 0 Å². The van der Waals surface area contributed by atoms with Crippen LogP contribution in [-0.2, 0) is 13.1 Å². The van der Waals surface area contributed by atoms with Gasteiger partial charge in [-0.05, 0) is 25.5 Å². The number of rotatable bonds is 7. The fraction of sp³-hybridized carbons (Fsp3) is 0.727. The van der Waals surface area contributed by atoms with Crippen molar-refractivity contribution < 1.29 is 0 Å². The Hall–Kier alpha value is -0.540. The van der Waals surface area contributed by atoms with Gasteiger partial charge in [-0.15, -0.1) is 12.4 Å². The third-order valence-corrected chi connectivity index (χ3v) is 2.16. The predicted octanol–water partition coefficient (Wildman–Crippen LogP) is 2.60. The minimum absolute atomic E-state index is 0. The lowest BCUT2D eigenvalue weighted by Gasteiger charge is -2.00. The van der Waals surface area contributed by atoms with Crippen LogP contribution in [0.5, 0.6) is 0 Å². The van der Waals surface area contributed by atoms with Crippen LogP contribution < -0.4 is 5.32 Å². The number of nitrogens with zero attached hydrogens (tertiary/aromatic N) is 2. The molecule has 0 saturated heterocycles. The molecule has 0 amide bonds. The van der Waals surface area contributed by atoms with Crippen molar-refractivity contribution in [2.75, 3.05) is 6.54 Å². The average Bonchev–Trinajstić information content (AvgIpc) is 2.61. The van der Waals surface area contributed by atoms with Gasteiger partial charge in [0.05, 0.1) is 5.69 Å². The highest BCUT2D eigenvalue weighted by Crippen LogP contribution is 1.96. The molecule has 1 aromatic heterocycles. The molecule has 0 bridgehead atoms. The molecule has 88 valence electrons. The maximum absolute atomic E-state index is 4.45. The number of halogens is 1. The molecule has 1 heterocycles. The van der Waals surface area contributed by atoms with E-state index in [2.05, 4.69) is 36.5 Å². The van der Waals surface area contributed by atoms with E-state index in [1.54, 1.807) is 0 Å². The number of aromatic nitrogens is 2. The molecule has 0 radical (unpaired) electrons. The molecular weight excluding hydrogens is 210 g/mol. The van der Waals surface area contributed by atoms with Crippen molar-refractivity contribution >= 4 is 12.4 Å². The molecule has 0 aliphatic carbocycles. The van der Waals surface area contributed by atoms with Crippen LogP contribution in [0, 0.1) is 0 Å². The minimum Gasteiger partial charge on any atom is -0.311 e. The van der Waals surface area contributed by atoms with Gasteiger partial charge in [-0.2, -0.15) is 5.10 Å². The molecule has 4 heteroatoms. The number of nitrogens with one attached hydrogen (secondary N) is 1. The summed E-state index contributed by atoms with van der Waals surface area (Å²) < 4.78 is 2.01. The summed E-state index contributed by atoms with van der Waals surface area (Å²) in [5.74, 6) is 0. The summed E-state index contributed by atoms with van der Waals surface area (Å²) in [6.07, 6.45) is 5.69. The molecule has 0 unspecified atom stereocenters. The number of hydrogen-bond donors (Lipinski definition) is 1. The zero-order valence-electron chi connectivity index (χ0n) is 9.70. The molecule has 0 saturated carbocycles. The van der Waals surface area contributed by atoms with E-state index in [-0.39, 0.29) is 12.4 Å². The van der Waals surface area contributed by atoms with Crippen molar-refractivity contribution in [2.45, 2.75) is 46.2 Å². The first-order valence-electron chi connectivity index (χ1n) is 5.59. The molecule has 0 aliphatic heterocycles. The van der Waals surface area contributed by atoms with Gasteiger partial charge in [0.1, 0.15) is 0 Å². The third-order valence-electron chi connectivity index (χ3n) is 2.16. The molecule has 1 rings (SSSR count). The maximum Gasteiger partial charge on any atom is 0.0762 e. The van der Waals surface area contributed by atoms with E-state index in [1.165, 1.54) is 12.8 Å². The first-order chi connectivity index (χ1) is 6.86. The van der Waals surface area contributed by atoms with Gasteiger partial charge in [0.15, 0.2) is 0 Å². The molecule has 0 atom stereocenters. The van der Waals surface area contributed by atoms with Gasteiger partial charge in [0, 0.05) is 19.3 Å². The smallest absolute Gasteiger partial charge is 0.0762 e. The molecule has 0 spiro atoms. The van der Waals surface area contributed by atoms with Crippen LogP contribution >= 0.6 is 12.4 Å². The van der Waals surface area contributed by atoms with E-state index < -0.39 is 0 Å². The largest absolute Gasteiger partial charge is 0.311 e. The van der Waals surface area contributed by atoms with Crippen molar-refractivity contribution in [1.82, 2.24) is 15.1 Å². The van der Waals surface area contributed by atoms with Crippen LogP contribution in [0.4, 0.5) is 0 Å². The van der Waals surface area contributed by atoms with Gasteiger partial charge in [-0.3, -0.25) is 4.68 Å². The second-order valence-electron chi connectivity index (χ2n) is 3.60. The Morgan fingerprint density at radius 2 is 2.13 bits per heavy atom. The lowest BCUT2D eigenvalue weighted by Crippen LogP contribution is -2.15. The van der Waals surface area contributed by atoms with Crippen LogP contribution in [0.15, 0.2) is 12.3 Å². The highest BCUT2D eigenvalue weighted by molar-refractivity contribution is 5.85. The normalized spacial score (nSPS) is 10.0. The van der Waals surface area contributed by atoms with Crippen molar-refractivity contribution in [3.63, 3.8) is 0 Å². The second kappa shape index (κ2) is 8.74. The van der Waals surface area contributed by atoms with Gasteiger partial charge in [0.2, 0.25) is 0 Å². The number of hydrogen-bond acceptors (Lipinski definition) is 2. The lowest BCUT2D eigenvalue weighted by molar-refractivity contribution is 0.577. The van der Waals surface area contributed by atoms with Crippen LogP contribution in [0.1, 0.15) is 38.8 Å². The van der Waals surface area contributed by atoms with Crippen molar-refractivity contribution in [2.24, 2.45) is 0 Å². The molecule has 0 fully saturated rings. The number of aryl methyl sites for hydroxylation is 1. The first-order valence-corrected chi connectivity index (χ1v) is 5.59. The second-order valence-corrected chi connectivity index (χ2v) is 3.60. The summed E-state index contributed by atoms with van der Waals surface area (Å²) in [5.41, 5.74) is 1.15. The van der Waals surface area contributed by atoms with E-state index in [0.717, 1.165) is 31.7 Å². The van der Waals surface area contributed by atoms with Crippen LogP contribution in [0.3, 0.4) is 0 Å². The van der Waals surface area contributed by atoms with E-state index >= 15 is 0 Å². The van der Waals surface area contributed by atoms with Gasteiger partial charge in [0.25, 0.3) is 0 Å². The summed E-state index contributed by atoms with van der Waals surface area (Å²) in [6, 6.07) is 2.09. The fourth-order valence-electron chi connectivity index (χ4n) is 1.37. The SMILES string of the molecule is CCCCNCc1ccn(CCC)n1.Cl. The monoisotopic (exact) mass is 231 g/mol. The molecule has 0 aliphatic rings. The zero-order valence-corrected chi connectivity index (χ0v) is 10.5. The minimum atomic E-state index is 0. The van der Waals surface area contributed by atoms with Crippen LogP contribution in [-0.4, -0.2) is 16.3 Å². The lowest BCUT2D eigenvalue weighted by atomic mass is 10.3. The summed E-state index contributed by atoms with van der Waals surface area (Å²) in [5, 5.41) is 7.83. The van der Waals surface area contributed by atoms with Crippen LogP contribution in [0.25, 0.3) is 0 Å². The highest BCUT2D eigenvalue weighted by atomic mass is 35.5. The third kappa shape index (κ3) is 5.80. The molecule has 1 aromatic rings.